The van der Waals surface area contributed by atoms with E-state index >= 15 is 0 Å². The molecule has 0 aliphatic rings. The number of hydrogen-bond acceptors (Lipinski definition) is 6. The smallest absolute Gasteiger partial charge is 0.0921 e. The summed E-state index contributed by atoms with van der Waals surface area (Å²) in [5.41, 5.74) is 8.78. The van der Waals surface area contributed by atoms with Crippen molar-refractivity contribution in [3.05, 3.63) is 45.0 Å². The van der Waals surface area contributed by atoms with Gasteiger partial charge < -0.3 is 0 Å². The van der Waals surface area contributed by atoms with Gasteiger partial charge in [-0.25, -0.2) is 9.97 Å². The van der Waals surface area contributed by atoms with E-state index in [1.807, 2.05) is 47.5 Å². The Hall–Kier alpha value is -1.60. The fraction of sp³-hybridized carbons (Fsp3) is 0.360. The molecule has 0 unspecified atom stereocenters. The van der Waals surface area contributed by atoms with Crippen molar-refractivity contribution in [3.63, 3.8) is 0 Å². The maximum atomic E-state index is 4.83. The van der Waals surface area contributed by atoms with Crippen LogP contribution in [0.4, 0.5) is 0 Å². The minimum Gasteiger partial charge on any atom is -0.244 e. The molecular weight excluding hydrogens is 457 g/mol. The van der Waals surface area contributed by atoms with Crippen LogP contribution in [0.1, 0.15) is 50.8 Å². The molecule has 1 aromatic carbocycles. The van der Waals surface area contributed by atoms with Crippen molar-refractivity contribution in [3.8, 4) is 20.9 Å². The van der Waals surface area contributed by atoms with Gasteiger partial charge in [-0.3, -0.25) is 0 Å². The number of aryl methyl sites for hydroxylation is 1. The Kier molecular flexibility index (Phi) is 7.22. The first-order chi connectivity index (χ1) is 15.2. The van der Waals surface area contributed by atoms with Gasteiger partial charge in [-0.1, -0.05) is 41.0 Å². The average molecular weight is 485 g/mol. The van der Waals surface area contributed by atoms with Crippen LogP contribution in [0.15, 0.2) is 35.3 Å². The molecule has 0 fully saturated rings. The van der Waals surface area contributed by atoms with Crippen LogP contribution in [0.5, 0.6) is 0 Å². The third-order valence-electron chi connectivity index (χ3n) is 4.98. The lowest BCUT2D eigenvalue weighted by Gasteiger charge is -2.07. The lowest BCUT2D eigenvalue weighted by Crippen LogP contribution is -1.89. The molecule has 4 aromatic heterocycles. The van der Waals surface area contributed by atoms with Gasteiger partial charge in [-0.2, -0.15) is 0 Å². The van der Waals surface area contributed by atoms with Gasteiger partial charge in [0.05, 0.1) is 31.5 Å². The molecule has 0 N–H and O–H groups in total. The van der Waals surface area contributed by atoms with Crippen molar-refractivity contribution < 1.29 is 0 Å². The van der Waals surface area contributed by atoms with Gasteiger partial charge in [0, 0.05) is 30.6 Å². The fourth-order valence-corrected chi connectivity index (χ4v) is 8.06. The molecule has 2 nitrogen and oxygen atoms in total. The molecule has 31 heavy (non-hydrogen) atoms. The summed E-state index contributed by atoms with van der Waals surface area (Å²) in [5, 5.41) is 0. The van der Waals surface area contributed by atoms with Gasteiger partial charge >= 0.3 is 0 Å². The van der Waals surface area contributed by atoms with Crippen LogP contribution >= 0.6 is 45.3 Å². The first kappa shape index (κ1) is 22.6. The van der Waals surface area contributed by atoms with Crippen molar-refractivity contribution >= 4 is 65.8 Å². The summed E-state index contributed by atoms with van der Waals surface area (Å²) < 4.78 is 2.53. The van der Waals surface area contributed by atoms with Crippen LogP contribution in [0.25, 0.3) is 41.3 Å². The molecule has 0 aliphatic carbocycles. The van der Waals surface area contributed by atoms with Crippen LogP contribution in [-0.4, -0.2) is 9.97 Å². The third-order valence-corrected chi connectivity index (χ3v) is 8.96. The second-order valence-electron chi connectivity index (χ2n) is 7.69. The lowest BCUT2D eigenvalue weighted by atomic mass is 10.1. The molecule has 6 heteroatoms. The zero-order chi connectivity index (χ0) is 22.0. The molecule has 0 amide bonds. The van der Waals surface area contributed by atoms with Crippen molar-refractivity contribution in [2.24, 2.45) is 5.92 Å². The SMILES string of the molecule is CC.CCCc1ccc(-c2c3ncsc3c(-c3ccc(CC(C)C)s3)c3ncsc23)s1. The normalized spacial score (nSPS) is 11.4. The molecule has 0 saturated heterocycles. The summed E-state index contributed by atoms with van der Waals surface area (Å²) in [5.74, 6) is 0.669. The molecule has 5 rings (SSSR count). The van der Waals surface area contributed by atoms with Crippen LogP contribution in [0, 0.1) is 5.92 Å². The number of hydrogen-bond donors (Lipinski definition) is 0. The molecule has 0 bridgehead atoms. The van der Waals surface area contributed by atoms with Gasteiger partial charge in [0.1, 0.15) is 0 Å². The number of fused-ring (bicyclic) bond motifs is 2. The molecule has 162 valence electrons. The Morgan fingerprint density at radius 3 is 1.81 bits per heavy atom. The number of benzene rings is 1. The molecule has 0 saturated carbocycles. The van der Waals surface area contributed by atoms with Crippen molar-refractivity contribution in [1.82, 2.24) is 9.97 Å². The largest absolute Gasteiger partial charge is 0.244 e. The topological polar surface area (TPSA) is 25.8 Å². The van der Waals surface area contributed by atoms with Gasteiger partial charge in [0.15, 0.2) is 0 Å². The maximum Gasteiger partial charge on any atom is 0.0921 e. The highest BCUT2D eigenvalue weighted by molar-refractivity contribution is 7.22. The summed E-state index contributed by atoms with van der Waals surface area (Å²) in [4.78, 5) is 15.2. The van der Waals surface area contributed by atoms with Crippen LogP contribution in [-0.2, 0) is 12.8 Å². The van der Waals surface area contributed by atoms with Crippen LogP contribution < -0.4 is 0 Å². The second kappa shape index (κ2) is 9.90. The first-order valence-corrected chi connectivity index (χ1v) is 14.4. The van der Waals surface area contributed by atoms with E-state index in [1.165, 1.54) is 46.5 Å². The van der Waals surface area contributed by atoms with E-state index in [4.69, 9.17) is 9.97 Å². The van der Waals surface area contributed by atoms with Gasteiger partial charge in [0.25, 0.3) is 0 Å². The number of thiophene rings is 2. The van der Waals surface area contributed by atoms with Crippen LogP contribution in [0.2, 0.25) is 0 Å². The zero-order valence-corrected chi connectivity index (χ0v) is 22.0. The second-order valence-corrected chi connectivity index (χ2v) is 11.7. The summed E-state index contributed by atoms with van der Waals surface area (Å²) >= 11 is 7.30. The van der Waals surface area contributed by atoms with E-state index in [9.17, 15) is 0 Å². The number of rotatable bonds is 6. The highest BCUT2D eigenvalue weighted by atomic mass is 32.1. The Morgan fingerprint density at radius 2 is 1.29 bits per heavy atom. The number of nitrogens with zero attached hydrogens (tertiary/aromatic N) is 2. The average Bonchev–Trinajstić information content (AvgIpc) is 3.55. The van der Waals surface area contributed by atoms with Gasteiger partial charge in [0.2, 0.25) is 0 Å². The Labute approximate surface area is 200 Å². The number of aromatic nitrogens is 2. The lowest BCUT2D eigenvalue weighted by molar-refractivity contribution is 0.654. The first-order valence-electron chi connectivity index (χ1n) is 11.0. The van der Waals surface area contributed by atoms with E-state index in [0.29, 0.717) is 5.92 Å². The predicted molar refractivity (Wildman–Crippen MR) is 143 cm³/mol. The van der Waals surface area contributed by atoms with E-state index in [-0.39, 0.29) is 0 Å². The Morgan fingerprint density at radius 1 is 0.774 bits per heavy atom. The molecule has 0 spiro atoms. The molecule has 0 radical (unpaired) electrons. The Balaban J connectivity index is 0.00000112. The Bertz CT molecular complexity index is 1230. The highest BCUT2D eigenvalue weighted by Gasteiger charge is 2.22. The summed E-state index contributed by atoms with van der Waals surface area (Å²) in [6.45, 7) is 10.8. The maximum absolute atomic E-state index is 4.83. The summed E-state index contributed by atoms with van der Waals surface area (Å²) in [6.07, 6.45) is 3.45. The summed E-state index contributed by atoms with van der Waals surface area (Å²) in [6, 6.07) is 9.11. The van der Waals surface area contributed by atoms with Crippen molar-refractivity contribution in [1.29, 1.82) is 0 Å². The van der Waals surface area contributed by atoms with Crippen LogP contribution in [0.3, 0.4) is 0 Å². The van der Waals surface area contributed by atoms with E-state index in [0.717, 1.165) is 23.9 Å². The zero-order valence-electron chi connectivity index (χ0n) is 18.7. The van der Waals surface area contributed by atoms with Gasteiger partial charge in [-0.15, -0.1) is 45.3 Å². The molecule has 5 aromatic rings. The quantitative estimate of drug-likeness (QED) is 0.240. The molecule has 4 heterocycles. The standard InChI is InChI=1S/C23H22N2S4.C2H6/c1-4-5-14-6-8-16(28-14)18-20-23(27-11-24-20)19(21-22(18)26-12-25-21)17-9-7-15(29-17)10-13(2)3;1-2/h6-9,11-13H,4-5,10H2,1-3H3;1-2H3. The fourth-order valence-electron chi connectivity index (χ4n) is 3.79. The molecular formula is C25H28N2S4. The number of thiazole rings is 2. The predicted octanol–water partition coefficient (Wildman–Crippen LogP) is 9.54. The van der Waals surface area contributed by atoms with E-state index in [2.05, 4.69) is 45.0 Å². The third kappa shape index (κ3) is 4.36. The van der Waals surface area contributed by atoms with E-state index in [1.54, 1.807) is 22.7 Å². The molecule has 0 atom stereocenters. The minimum absolute atomic E-state index is 0.669. The monoisotopic (exact) mass is 484 g/mol. The van der Waals surface area contributed by atoms with Crippen molar-refractivity contribution in [2.75, 3.05) is 0 Å². The van der Waals surface area contributed by atoms with Gasteiger partial charge in [-0.05, 0) is 43.0 Å². The van der Waals surface area contributed by atoms with E-state index < -0.39 is 0 Å². The highest BCUT2D eigenvalue weighted by Crippen LogP contribution is 2.48. The summed E-state index contributed by atoms with van der Waals surface area (Å²) in [7, 11) is 0. The van der Waals surface area contributed by atoms with Crippen molar-refractivity contribution in [2.45, 2.75) is 53.9 Å². The minimum atomic E-state index is 0.669. The molecule has 0 aliphatic heterocycles.